The van der Waals surface area contributed by atoms with Crippen LogP contribution in [0.5, 0.6) is 0 Å². The first-order chi connectivity index (χ1) is 9.56. The largest absolute Gasteiger partial charge is 0.451 e. The molecule has 1 heterocycles. The molecule has 0 aliphatic carbocycles. The number of hydrogen-bond donors (Lipinski definition) is 0. The van der Waals surface area contributed by atoms with Gasteiger partial charge in [-0.25, -0.2) is 0 Å². The average Bonchev–Trinajstić information content (AvgIpc) is 2.83. The van der Waals surface area contributed by atoms with Gasteiger partial charge in [0.05, 0.1) is 10.0 Å². The minimum atomic E-state index is -0.307. The highest BCUT2D eigenvalue weighted by Gasteiger charge is 2.18. The summed E-state index contributed by atoms with van der Waals surface area (Å²) in [6, 6.07) is 11.7. The van der Waals surface area contributed by atoms with E-state index in [0.29, 0.717) is 21.2 Å². The molecule has 0 unspecified atom stereocenters. The Morgan fingerprint density at radius 1 is 0.950 bits per heavy atom. The van der Waals surface area contributed by atoms with Crippen molar-refractivity contribution in [3.8, 4) is 0 Å². The molecule has 2 aromatic carbocycles. The van der Waals surface area contributed by atoms with Crippen molar-refractivity contribution in [1.82, 2.24) is 0 Å². The zero-order valence-corrected chi connectivity index (χ0v) is 12.3. The van der Waals surface area contributed by atoms with E-state index in [2.05, 4.69) is 0 Å². The van der Waals surface area contributed by atoms with Crippen LogP contribution in [-0.2, 0) is 0 Å². The Kier molecular flexibility index (Phi) is 3.47. The Balaban J connectivity index is 2.10. The van der Waals surface area contributed by atoms with E-state index in [0.717, 1.165) is 5.39 Å². The summed E-state index contributed by atoms with van der Waals surface area (Å²) in [5.74, 6) is -0.115. The minimum absolute atomic E-state index is 0.192. The quantitative estimate of drug-likeness (QED) is 0.572. The Morgan fingerprint density at radius 2 is 1.75 bits per heavy atom. The van der Waals surface area contributed by atoms with Crippen molar-refractivity contribution < 1.29 is 9.21 Å². The predicted octanol–water partition coefficient (Wildman–Crippen LogP) is 5.62. The van der Waals surface area contributed by atoms with Crippen molar-refractivity contribution in [2.45, 2.75) is 0 Å². The minimum Gasteiger partial charge on any atom is -0.451 e. The van der Waals surface area contributed by atoms with Crippen LogP contribution in [0, 0.1) is 0 Å². The summed E-state index contributed by atoms with van der Waals surface area (Å²) in [6.45, 7) is 0. The SMILES string of the molecule is O=C(c1cc2cccc(Cl)c2o1)c1ccc(Cl)cc1Cl. The molecule has 1 aromatic heterocycles. The molecule has 20 heavy (non-hydrogen) atoms. The molecule has 0 bridgehead atoms. The molecule has 0 radical (unpaired) electrons. The monoisotopic (exact) mass is 324 g/mol. The van der Waals surface area contributed by atoms with Crippen molar-refractivity contribution in [1.29, 1.82) is 0 Å². The van der Waals surface area contributed by atoms with Gasteiger partial charge < -0.3 is 4.42 Å². The number of hydrogen-bond acceptors (Lipinski definition) is 2. The number of rotatable bonds is 2. The number of fused-ring (bicyclic) bond motifs is 1. The fourth-order valence-electron chi connectivity index (χ4n) is 1.95. The molecule has 0 spiro atoms. The van der Waals surface area contributed by atoms with Crippen molar-refractivity contribution in [3.63, 3.8) is 0 Å². The van der Waals surface area contributed by atoms with Gasteiger partial charge in [-0.1, -0.05) is 46.9 Å². The topological polar surface area (TPSA) is 30.2 Å². The van der Waals surface area contributed by atoms with E-state index in [1.54, 1.807) is 30.3 Å². The number of carbonyl (C=O) groups is 1. The zero-order valence-electron chi connectivity index (χ0n) is 9.99. The molecule has 3 rings (SSSR count). The van der Waals surface area contributed by atoms with Gasteiger partial charge in [0.25, 0.3) is 0 Å². The highest BCUT2D eigenvalue weighted by atomic mass is 35.5. The maximum atomic E-state index is 12.4. The average molecular weight is 326 g/mol. The van der Waals surface area contributed by atoms with Crippen LogP contribution in [0.25, 0.3) is 11.0 Å². The van der Waals surface area contributed by atoms with Crippen LogP contribution in [0.15, 0.2) is 46.9 Å². The van der Waals surface area contributed by atoms with Gasteiger partial charge in [-0.05, 0) is 30.3 Å². The molecule has 5 heteroatoms. The van der Waals surface area contributed by atoms with Gasteiger partial charge in [-0.15, -0.1) is 0 Å². The molecule has 0 aliphatic heterocycles. The van der Waals surface area contributed by atoms with Crippen LogP contribution in [0.3, 0.4) is 0 Å². The number of furan rings is 1. The highest BCUT2D eigenvalue weighted by Crippen LogP contribution is 2.29. The van der Waals surface area contributed by atoms with E-state index < -0.39 is 0 Å². The van der Waals surface area contributed by atoms with Gasteiger partial charge >= 0.3 is 0 Å². The third-order valence-electron chi connectivity index (χ3n) is 2.90. The van der Waals surface area contributed by atoms with Crippen molar-refractivity contribution in [2.75, 3.05) is 0 Å². The van der Waals surface area contributed by atoms with Crippen molar-refractivity contribution in [2.24, 2.45) is 0 Å². The Labute approximate surface area is 129 Å². The molecule has 0 atom stereocenters. The van der Waals surface area contributed by atoms with E-state index in [4.69, 9.17) is 39.2 Å². The number of para-hydroxylation sites is 1. The van der Waals surface area contributed by atoms with Gasteiger partial charge in [0.1, 0.15) is 0 Å². The number of carbonyl (C=O) groups excluding carboxylic acids is 1. The molecule has 0 aliphatic rings. The smallest absolute Gasteiger partial charge is 0.229 e. The molecule has 100 valence electrons. The fourth-order valence-corrected chi connectivity index (χ4v) is 2.66. The second-order valence-corrected chi connectivity index (χ2v) is 5.47. The lowest BCUT2D eigenvalue weighted by atomic mass is 10.1. The lowest BCUT2D eigenvalue weighted by Gasteiger charge is -2.01. The van der Waals surface area contributed by atoms with Crippen LogP contribution < -0.4 is 0 Å². The molecular weight excluding hydrogens is 319 g/mol. The van der Waals surface area contributed by atoms with E-state index >= 15 is 0 Å². The Bertz CT molecular complexity index is 821. The van der Waals surface area contributed by atoms with Crippen molar-refractivity contribution >= 4 is 51.6 Å². The van der Waals surface area contributed by atoms with Gasteiger partial charge in [0.2, 0.25) is 5.78 Å². The van der Waals surface area contributed by atoms with Crippen LogP contribution >= 0.6 is 34.8 Å². The second-order valence-electron chi connectivity index (χ2n) is 4.22. The zero-order chi connectivity index (χ0) is 14.3. The standard InChI is InChI=1S/C15H7Cl3O2/c16-9-4-5-10(12(18)7-9)14(19)13-6-8-2-1-3-11(17)15(8)20-13/h1-7H. The van der Waals surface area contributed by atoms with Crippen molar-refractivity contribution in [3.05, 3.63) is 68.9 Å². The van der Waals surface area contributed by atoms with Gasteiger partial charge in [0, 0.05) is 16.0 Å². The van der Waals surface area contributed by atoms with Gasteiger partial charge in [-0.2, -0.15) is 0 Å². The van der Waals surface area contributed by atoms with Gasteiger partial charge in [0.15, 0.2) is 11.3 Å². The summed E-state index contributed by atoms with van der Waals surface area (Å²) in [4.78, 5) is 12.4. The fraction of sp³-hybridized carbons (Fsp3) is 0. The summed E-state index contributed by atoms with van der Waals surface area (Å²) >= 11 is 17.9. The number of benzene rings is 2. The van der Waals surface area contributed by atoms with Crippen LogP contribution in [0.1, 0.15) is 16.1 Å². The van der Waals surface area contributed by atoms with Crippen LogP contribution in [0.2, 0.25) is 15.1 Å². The third kappa shape index (κ3) is 2.31. The Morgan fingerprint density at radius 3 is 2.45 bits per heavy atom. The van der Waals surface area contributed by atoms with E-state index in [1.165, 1.54) is 6.07 Å². The maximum absolute atomic E-state index is 12.4. The molecule has 0 amide bonds. The lowest BCUT2D eigenvalue weighted by molar-refractivity contribution is 0.101. The predicted molar refractivity (Wildman–Crippen MR) is 81.1 cm³/mol. The summed E-state index contributed by atoms with van der Waals surface area (Å²) < 4.78 is 5.53. The normalized spacial score (nSPS) is 10.9. The van der Waals surface area contributed by atoms with E-state index in [9.17, 15) is 4.79 Å². The first kappa shape index (κ1) is 13.5. The van der Waals surface area contributed by atoms with E-state index in [-0.39, 0.29) is 16.6 Å². The Hall–Kier alpha value is -1.48. The second kappa shape index (κ2) is 5.13. The molecule has 0 saturated heterocycles. The molecular formula is C15H7Cl3O2. The first-order valence-corrected chi connectivity index (χ1v) is 6.87. The molecule has 2 nitrogen and oxygen atoms in total. The maximum Gasteiger partial charge on any atom is 0.229 e. The van der Waals surface area contributed by atoms with Crippen LogP contribution in [-0.4, -0.2) is 5.78 Å². The summed E-state index contributed by atoms with van der Waals surface area (Å²) in [7, 11) is 0. The van der Waals surface area contributed by atoms with Crippen LogP contribution in [0.4, 0.5) is 0 Å². The van der Waals surface area contributed by atoms with E-state index in [1.807, 2.05) is 6.07 Å². The lowest BCUT2D eigenvalue weighted by Crippen LogP contribution is -2.00. The summed E-state index contributed by atoms with van der Waals surface area (Å²) in [5, 5.41) is 1.99. The summed E-state index contributed by atoms with van der Waals surface area (Å²) in [5.41, 5.74) is 0.828. The van der Waals surface area contributed by atoms with Gasteiger partial charge in [-0.3, -0.25) is 4.79 Å². The number of halogens is 3. The number of ketones is 1. The molecule has 0 fully saturated rings. The third-order valence-corrected chi connectivity index (χ3v) is 3.74. The summed E-state index contributed by atoms with van der Waals surface area (Å²) in [6.07, 6.45) is 0. The molecule has 0 saturated carbocycles. The molecule has 0 N–H and O–H groups in total. The first-order valence-electron chi connectivity index (χ1n) is 5.74. The molecule has 3 aromatic rings. The highest BCUT2D eigenvalue weighted by molar-refractivity contribution is 6.37.